The van der Waals surface area contributed by atoms with Crippen LogP contribution in [-0.4, -0.2) is 16.8 Å². The molecule has 4 aromatic rings. The van der Waals surface area contributed by atoms with Crippen LogP contribution in [0.2, 0.25) is 0 Å². The van der Waals surface area contributed by atoms with Crippen molar-refractivity contribution >= 4 is 35.0 Å². The maximum atomic E-state index is 12.9. The number of hydrogen-bond acceptors (Lipinski definition) is 4. The van der Waals surface area contributed by atoms with Gasteiger partial charge in [0.15, 0.2) is 0 Å². The van der Waals surface area contributed by atoms with Crippen LogP contribution >= 0.6 is 11.8 Å². The van der Waals surface area contributed by atoms with E-state index in [9.17, 15) is 9.59 Å². The van der Waals surface area contributed by atoms with E-state index >= 15 is 0 Å². The number of thioether (sulfide) groups is 1. The summed E-state index contributed by atoms with van der Waals surface area (Å²) in [5.74, 6) is 0.277. The van der Waals surface area contributed by atoms with Crippen molar-refractivity contribution in [2.75, 3.05) is 10.6 Å². The average molecular weight is 440 g/mol. The summed E-state index contributed by atoms with van der Waals surface area (Å²) in [7, 11) is 0. The normalized spacial score (nSPS) is 10.4. The van der Waals surface area contributed by atoms with Crippen molar-refractivity contribution in [2.24, 2.45) is 0 Å². The number of nitrogens with zero attached hydrogens (tertiary/aromatic N) is 1. The van der Waals surface area contributed by atoms with Gasteiger partial charge in [0.2, 0.25) is 0 Å². The van der Waals surface area contributed by atoms with Crippen molar-refractivity contribution < 1.29 is 9.59 Å². The first-order chi connectivity index (χ1) is 15.7. The molecule has 0 fully saturated rings. The molecule has 0 aliphatic heterocycles. The van der Waals surface area contributed by atoms with Crippen LogP contribution in [0.4, 0.5) is 11.4 Å². The van der Waals surface area contributed by atoms with E-state index in [0.717, 1.165) is 16.2 Å². The molecule has 5 nitrogen and oxygen atoms in total. The Morgan fingerprint density at radius 1 is 0.750 bits per heavy atom. The average Bonchev–Trinajstić information content (AvgIpc) is 2.85. The number of hydrogen-bond donors (Lipinski definition) is 2. The second kappa shape index (κ2) is 10.4. The molecule has 2 N–H and O–H groups in total. The summed E-state index contributed by atoms with van der Waals surface area (Å²) in [5, 5.41) is 5.73. The molecule has 1 heterocycles. The van der Waals surface area contributed by atoms with Crippen LogP contribution in [0.5, 0.6) is 0 Å². The maximum Gasteiger partial charge on any atom is 0.257 e. The van der Waals surface area contributed by atoms with Gasteiger partial charge in [-0.2, -0.15) is 0 Å². The molecular formula is C26H21N3O2S. The molecule has 0 saturated carbocycles. The summed E-state index contributed by atoms with van der Waals surface area (Å²) in [4.78, 5) is 30.6. The quantitative estimate of drug-likeness (QED) is 0.353. The molecule has 0 aliphatic carbocycles. The fraction of sp³-hybridized carbons (Fsp3) is 0.0385. The second-order valence-electron chi connectivity index (χ2n) is 6.99. The number of carbonyl (C=O) groups is 2. The number of nitrogens with one attached hydrogen (secondary N) is 2. The van der Waals surface area contributed by atoms with Gasteiger partial charge in [-0.1, -0.05) is 36.4 Å². The molecule has 1 aromatic heterocycles. The summed E-state index contributed by atoms with van der Waals surface area (Å²) in [5.41, 5.74) is 3.23. The molecule has 0 spiro atoms. The van der Waals surface area contributed by atoms with Gasteiger partial charge < -0.3 is 10.6 Å². The number of aromatic nitrogens is 1. The Labute approximate surface area is 190 Å². The van der Waals surface area contributed by atoms with Gasteiger partial charge in [-0.3, -0.25) is 14.6 Å². The summed E-state index contributed by atoms with van der Waals surface area (Å²) < 4.78 is 0. The molecule has 0 saturated heterocycles. The fourth-order valence-electron chi connectivity index (χ4n) is 3.06. The van der Waals surface area contributed by atoms with Crippen molar-refractivity contribution in [2.45, 2.75) is 10.6 Å². The van der Waals surface area contributed by atoms with Crippen molar-refractivity contribution in [3.63, 3.8) is 0 Å². The molecule has 6 heteroatoms. The highest BCUT2D eigenvalue weighted by Gasteiger charge is 2.14. The third-order valence-corrected chi connectivity index (χ3v) is 5.78. The van der Waals surface area contributed by atoms with Crippen LogP contribution in [0.25, 0.3) is 0 Å². The molecule has 0 unspecified atom stereocenters. The number of amides is 2. The van der Waals surface area contributed by atoms with E-state index in [1.807, 2.05) is 48.7 Å². The van der Waals surface area contributed by atoms with Gasteiger partial charge >= 0.3 is 0 Å². The SMILES string of the molecule is O=C(Nc1ccccc1C(=O)Nc1ccc(SCc2cccnc2)cc1)c1ccccc1. The van der Waals surface area contributed by atoms with E-state index in [0.29, 0.717) is 22.5 Å². The standard InChI is InChI=1S/C26H21N3O2S/c30-25(20-8-2-1-3-9-20)29-24-11-5-4-10-23(24)26(31)28-21-12-14-22(15-13-21)32-18-19-7-6-16-27-17-19/h1-17H,18H2,(H,28,31)(H,29,30). The minimum Gasteiger partial charge on any atom is -0.322 e. The second-order valence-corrected chi connectivity index (χ2v) is 8.04. The van der Waals surface area contributed by atoms with E-state index in [2.05, 4.69) is 15.6 Å². The van der Waals surface area contributed by atoms with Gasteiger partial charge in [-0.05, 0) is 60.2 Å². The van der Waals surface area contributed by atoms with Gasteiger partial charge in [0.25, 0.3) is 11.8 Å². The molecular weight excluding hydrogens is 418 g/mol. The van der Waals surface area contributed by atoms with Crippen molar-refractivity contribution in [1.29, 1.82) is 0 Å². The van der Waals surface area contributed by atoms with Crippen molar-refractivity contribution in [1.82, 2.24) is 4.98 Å². The predicted octanol–water partition coefficient (Wildman–Crippen LogP) is 5.88. The number of carbonyl (C=O) groups excluding carboxylic acids is 2. The highest BCUT2D eigenvalue weighted by molar-refractivity contribution is 7.98. The summed E-state index contributed by atoms with van der Waals surface area (Å²) in [6, 6.07) is 27.5. The Balaban J connectivity index is 1.40. The van der Waals surface area contributed by atoms with Crippen molar-refractivity contribution in [3.05, 3.63) is 120 Å². The summed E-state index contributed by atoms with van der Waals surface area (Å²) in [6.45, 7) is 0. The van der Waals surface area contributed by atoms with Crippen LogP contribution in [0.3, 0.4) is 0 Å². The van der Waals surface area contributed by atoms with Gasteiger partial charge in [0, 0.05) is 34.3 Å². The minimum atomic E-state index is -0.287. The van der Waals surface area contributed by atoms with E-state index in [1.54, 1.807) is 66.5 Å². The lowest BCUT2D eigenvalue weighted by atomic mass is 10.1. The largest absolute Gasteiger partial charge is 0.322 e. The zero-order valence-corrected chi connectivity index (χ0v) is 18.0. The predicted molar refractivity (Wildman–Crippen MR) is 129 cm³/mol. The number of rotatable bonds is 7. The number of anilines is 2. The van der Waals surface area contributed by atoms with Gasteiger partial charge in [0.1, 0.15) is 0 Å². The first-order valence-electron chi connectivity index (χ1n) is 10.1. The fourth-order valence-corrected chi connectivity index (χ4v) is 3.89. The number of para-hydroxylation sites is 1. The van der Waals surface area contributed by atoms with Crippen molar-refractivity contribution in [3.8, 4) is 0 Å². The van der Waals surface area contributed by atoms with Gasteiger partial charge in [-0.25, -0.2) is 0 Å². The third kappa shape index (κ3) is 5.62. The lowest BCUT2D eigenvalue weighted by Crippen LogP contribution is -2.18. The third-order valence-electron chi connectivity index (χ3n) is 4.70. The molecule has 0 aliphatic rings. The smallest absolute Gasteiger partial charge is 0.257 e. The van der Waals surface area contributed by atoms with Crippen LogP contribution < -0.4 is 10.6 Å². The van der Waals surface area contributed by atoms with E-state index in [-0.39, 0.29) is 11.8 Å². The van der Waals surface area contributed by atoms with Crippen LogP contribution in [-0.2, 0) is 5.75 Å². The molecule has 32 heavy (non-hydrogen) atoms. The maximum absolute atomic E-state index is 12.9. The monoisotopic (exact) mass is 439 g/mol. The first kappa shape index (κ1) is 21.3. The lowest BCUT2D eigenvalue weighted by Gasteiger charge is -2.12. The lowest BCUT2D eigenvalue weighted by molar-refractivity contribution is 0.102. The molecule has 0 atom stereocenters. The molecule has 3 aromatic carbocycles. The van der Waals surface area contributed by atoms with Crippen LogP contribution in [0.1, 0.15) is 26.3 Å². The van der Waals surface area contributed by atoms with E-state index in [1.165, 1.54) is 0 Å². The Morgan fingerprint density at radius 3 is 2.25 bits per heavy atom. The summed E-state index contributed by atoms with van der Waals surface area (Å²) >= 11 is 1.70. The Bertz CT molecular complexity index is 1200. The molecule has 0 radical (unpaired) electrons. The van der Waals surface area contributed by atoms with Gasteiger partial charge in [-0.15, -0.1) is 11.8 Å². The Morgan fingerprint density at radius 2 is 1.50 bits per heavy atom. The first-order valence-corrected chi connectivity index (χ1v) is 11.1. The topological polar surface area (TPSA) is 71.1 Å². The molecule has 158 valence electrons. The molecule has 0 bridgehead atoms. The highest BCUT2D eigenvalue weighted by Crippen LogP contribution is 2.25. The zero-order valence-electron chi connectivity index (χ0n) is 17.2. The zero-order chi connectivity index (χ0) is 22.2. The summed E-state index contributed by atoms with van der Waals surface area (Å²) in [6.07, 6.45) is 3.62. The molecule has 4 rings (SSSR count). The highest BCUT2D eigenvalue weighted by atomic mass is 32.2. The van der Waals surface area contributed by atoms with Gasteiger partial charge in [0.05, 0.1) is 11.3 Å². The minimum absolute atomic E-state index is 0.263. The number of pyridine rings is 1. The number of benzene rings is 3. The van der Waals surface area contributed by atoms with E-state index in [4.69, 9.17) is 0 Å². The Kier molecular flexibility index (Phi) is 6.94. The Hall–Kier alpha value is -3.90. The van der Waals surface area contributed by atoms with E-state index < -0.39 is 0 Å². The van der Waals surface area contributed by atoms with Crippen LogP contribution in [0, 0.1) is 0 Å². The molecule has 2 amide bonds. The van der Waals surface area contributed by atoms with Crippen LogP contribution in [0.15, 0.2) is 108 Å².